The van der Waals surface area contributed by atoms with Gasteiger partial charge in [0.05, 0.1) is 10.8 Å². The van der Waals surface area contributed by atoms with Crippen molar-refractivity contribution in [2.45, 2.75) is 76.7 Å². The van der Waals surface area contributed by atoms with Gasteiger partial charge in [-0.2, -0.15) is 13.2 Å². The van der Waals surface area contributed by atoms with Crippen molar-refractivity contribution in [3.8, 4) is 0 Å². The number of ether oxygens (including phenoxy) is 2. The summed E-state index contributed by atoms with van der Waals surface area (Å²) in [6.07, 6.45) is -3.01. The molecule has 0 radical (unpaired) electrons. The second kappa shape index (κ2) is 8.91. The van der Waals surface area contributed by atoms with Gasteiger partial charge in [-0.3, -0.25) is 9.59 Å². The first-order valence-corrected chi connectivity index (χ1v) is 13.6. The molecule has 5 rings (SSSR count). The number of allylic oxidation sites excluding steroid dienone is 1. The number of Topliss-reactive ketones (excluding diaryl/α,β-unsaturated/α-hetero) is 1. The molecule has 9 heteroatoms. The molecule has 212 valence electrons. The number of ketones is 1. The minimum Gasteiger partial charge on any atom is -0.481 e. The summed E-state index contributed by atoms with van der Waals surface area (Å²) in [5, 5.41) is 10.3. The van der Waals surface area contributed by atoms with E-state index in [2.05, 4.69) is 6.58 Å². The number of carboxylic acid groups (broad SMARTS) is 1. The molecule has 4 aliphatic carbocycles. The van der Waals surface area contributed by atoms with Gasteiger partial charge in [-0.05, 0) is 74.2 Å². The van der Waals surface area contributed by atoms with Crippen molar-refractivity contribution in [2.75, 3.05) is 7.11 Å². The molecule has 8 atom stereocenters. The highest BCUT2D eigenvalue weighted by Gasteiger charge is 2.73. The molecule has 0 aromatic heterocycles. The van der Waals surface area contributed by atoms with Crippen LogP contribution < -0.4 is 0 Å². The Morgan fingerprint density at radius 1 is 1.08 bits per heavy atom. The Morgan fingerprint density at radius 2 is 1.74 bits per heavy atom. The largest absolute Gasteiger partial charge is 0.481 e. The van der Waals surface area contributed by atoms with Crippen LogP contribution in [0, 0.1) is 34.0 Å². The van der Waals surface area contributed by atoms with Crippen LogP contribution in [0.1, 0.15) is 64.4 Å². The first kappa shape index (κ1) is 27.9. The van der Waals surface area contributed by atoms with Gasteiger partial charge in [0.25, 0.3) is 5.60 Å². The van der Waals surface area contributed by atoms with Crippen molar-refractivity contribution in [2.24, 2.45) is 34.0 Å². The summed E-state index contributed by atoms with van der Waals surface area (Å²) >= 11 is 0. The number of carbonyl (C=O) groups excluding carboxylic acids is 2. The molecule has 4 aliphatic rings. The predicted molar refractivity (Wildman–Crippen MR) is 134 cm³/mol. The Morgan fingerprint density at radius 3 is 2.33 bits per heavy atom. The zero-order chi connectivity index (χ0) is 28.6. The van der Waals surface area contributed by atoms with Gasteiger partial charge in [0.15, 0.2) is 5.78 Å². The number of esters is 1. The Hall–Kier alpha value is -2.68. The van der Waals surface area contributed by atoms with Crippen molar-refractivity contribution in [1.82, 2.24) is 0 Å². The highest BCUT2D eigenvalue weighted by atomic mass is 19.4. The summed E-state index contributed by atoms with van der Waals surface area (Å²) in [5.74, 6) is -3.87. The van der Waals surface area contributed by atoms with E-state index in [0.29, 0.717) is 44.1 Å². The van der Waals surface area contributed by atoms with Gasteiger partial charge in [0.1, 0.15) is 6.10 Å². The fourth-order valence-electron chi connectivity index (χ4n) is 9.02. The molecule has 39 heavy (non-hydrogen) atoms. The van der Waals surface area contributed by atoms with Crippen LogP contribution in [0.2, 0.25) is 0 Å². The fraction of sp³-hybridized carbons (Fsp3) is 0.633. The molecule has 1 N–H and O–H groups in total. The maximum atomic E-state index is 14.7. The molecule has 1 aromatic carbocycles. The molecule has 4 fully saturated rings. The van der Waals surface area contributed by atoms with Gasteiger partial charge in [0, 0.05) is 12.7 Å². The molecular weight excluding hydrogens is 513 g/mol. The molecule has 2 bridgehead atoms. The van der Waals surface area contributed by atoms with Crippen LogP contribution >= 0.6 is 0 Å². The van der Waals surface area contributed by atoms with Crippen molar-refractivity contribution in [3.63, 3.8) is 0 Å². The van der Waals surface area contributed by atoms with E-state index in [4.69, 9.17) is 9.47 Å². The van der Waals surface area contributed by atoms with Crippen LogP contribution in [-0.2, 0) is 29.5 Å². The van der Waals surface area contributed by atoms with Crippen LogP contribution in [0.15, 0.2) is 42.5 Å². The van der Waals surface area contributed by atoms with Crippen LogP contribution in [0.5, 0.6) is 0 Å². The monoisotopic (exact) mass is 548 g/mol. The average molecular weight is 549 g/mol. The molecule has 1 aromatic rings. The van der Waals surface area contributed by atoms with Gasteiger partial charge < -0.3 is 14.6 Å². The third kappa shape index (κ3) is 3.54. The summed E-state index contributed by atoms with van der Waals surface area (Å²) in [7, 11) is 0.808. The first-order valence-electron chi connectivity index (χ1n) is 13.6. The number of benzene rings is 1. The Labute approximate surface area is 225 Å². The summed E-state index contributed by atoms with van der Waals surface area (Å²) in [5.41, 5.74) is -6.38. The van der Waals surface area contributed by atoms with E-state index >= 15 is 0 Å². The Kier molecular flexibility index (Phi) is 6.37. The van der Waals surface area contributed by atoms with Gasteiger partial charge in [-0.15, -0.1) is 0 Å². The number of methoxy groups -OCH3 is 1. The molecule has 0 saturated heterocycles. The lowest BCUT2D eigenvalue weighted by molar-refractivity contribution is -0.284. The van der Waals surface area contributed by atoms with E-state index < -0.39 is 57.5 Å². The lowest BCUT2D eigenvalue weighted by Gasteiger charge is -2.64. The molecule has 0 aliphatic heterocycles. The molecule has 0 amide bonds. The third-order valence-corrected chi connectivity index (χ3v) is 10.9. The molecule has 4 saturated carbocycles. The fourth-order valence-corrected chi connectivity index (χ4v) is 9.02. The van der Waals surface area contributed by atoms with Gasteiger partial charge >= 0.3 is 18.1 Å². The number of halogens is 3. The lowest BCUT2D eigenvalue weighted by atomic mass is 9.40. The third-order valence-electron chi connectivity index (χ3n) is 10.9. The summed E-state index contributed by atoms with van der Waals surface area (Å²) in [6.45, 7) is 7.72. The second-order valence-corrected chi connectivity index (χ2v) is 12.4. The number of rotatable bonds is 5. The number of hydrogen-bond acceptors (Lipinski definition) is 5. The van der Waals surface area contributed by atoms with Gasteiger partial charge in [-0.25, -0.2) is 4.79 Å². The minimum atomic E-state index is -5.17. The zero-order valence-corrected chi connectivity index (χ0v) is 22.5. The Bertz CT molecular complexity index is 1210. The van der Waals surface area contributed by atoms with E-state index in [9.17, 15) is 32.7 Å². The number of carboxylic acids is 1. The Balaban J connectivity index is 1.65. The summed E-state index contributed by atoms with van der Waals surface area (Å²) in [4.78, 5) is 40.3. The SMILES string of the molecule is C=C1C(=O)[C@]23C[C@H]1CC[C@H]2[C@]1(C)CCC[C@@](C)(C(=O)O)[C@H]1C[C@@H]3OC(=O)[C@](OC)(c1ccccc1)C(F)(F)F. The number of fused-ring (bicyclic) bond motifs is 3. The zero-order valence-electron chi connectivity index (χ0n) is 22.5. The van der Waals surface area contributed by atoms with Crippen molar-refractivity contribution < 1.29 is 42.1 Å². The number of hydrogen-bond donors (Lipinski definition) is 1. The summed E-state index contributed by atoms with van der Waals surface area (Å²) in [6, 6.07) is 6.58. The summed E-state index contributed by atoms with van der Waals surface area (Å²) < 4.78 is 54.9. The smallest absolute Gasteiger partial charge is 0.432 e. The molecular formula is C30H35F3O6. The molecule has 6 nitrogen and oxygen atoms in total. The number of alkyl halides is 3. The average Bonchev–Trinajstić information content (AvgIpc) is 3.06. The van der Waals surface area contributed by atoms with Crippen LogP contribution in [0.25, 0.3) is 0 Å². The standard InChI is InChI=1S/C30H35F3O6/c1-17-18-11-12-20-26(2)13-8-14-27(3,24(35)36)21(26)15-22(28(20,16-18)23(17)34)39-25(37)29(38-4,30(31,32)33)19-9-6-5-7-10-19/h5-7,9-10,18,20-22H,1,8,11-16H2,2-4H3,(H,35,36)/t18-,20+,21+,22+,26+,27-,28-,29-/m1/s1. The minimum absolute atomic E-state index is 0.0142. The second-order valence-electron chi connectivity index (χ2n) is 12.4. The van der Waals surface area contributed by atoms with Crippen molar-refractivity contribution in [1.29, 1.82) is 0 Å². The molecule has 1 spiro atoms. The quantitative estimate of drug-likeness (QED) is 0.367. The maximum absolute atomic E-state index is 14.7. The van der Waals surface area contributed by atoms with Crippen LogP contribution in [0.3, 0.4) is 0 Å². The topological polar surface area (TPSA) is 89.9 Å². The van der Waals surface area contributed by atoms with Gasteiger partial charge in [0.2, 0.25) is 0 Å². The van der Waals surface area contributed by atoms with E-state index in [-0.39, 0.29) is 24.0 Å². The normalized spacial score (nSPS) is 39.3. The number of aliphatic carboxylic acids is 1. The maximum Gasteiger partial charge on any atom is 0.432 e. The number of carbonyl (C=O) groups is 3. The highest BCUT2D eigenvalue weighted by molar-refractivity contribution is 6.04. The van der Waals surface area contributed by atoms with Crippen LogP contribution in [0.4, 0.5) is 13.2 Å². The molecule has 0 heterocycles. The van der Waals surface area contributed by atoms with E-state index in [1.807, 2.05) is 6.92 Å². The van der Waals surface area contributed by atoms with Crippen molar-refractivity contribution >= 4 is 17.7 Å². The van der Waals surface area contributed by atoms with E-state index in [1.54, 1.807) is 6.92 Å². The molecule has 0 unspecified atom stereocenters. The lowest BCUT2D eigenvalue weighted by Crippen LogP contribution is -2.66. The van der Waals surface area contributed by atoms with Crippen LogP contribution in [-0.4, -0.2) is 42.2 Å². The van der Waals surface area contributed by atoms with Gasteiger partial charge in [-0.1, -0.05) is 50.3 Å². The first-order chi connectivity index (χ1) is 18.2. The van der Waals surface area contributed by atoms with Crippen molar-refractivity contribution in [3.05, 3.63) is 48.0 Å². The highest BCUT2D eigenvalue weighted by Crippen LogP contribution is 2.71. The van der Waals surface area contributed by atoms with E-state index in [1.165, 1.54) is 18.2 Å². The van der Waals surface area contributed by atoms with E-state index in [0.717, 1.165) is 19.2 Å². The predicted octanol–water partition coefficient (Wildman–Crippen LogP) is 5.85.